The maximum Gasteiger partial charge on any atom is 0.322 e. The van der Waals surface area contributed by atoms with E-state index in [9.17, 15) is 4.79 Å². The fourth-order valence-electron chi connectivity index (χ4n) is 1.37. The predicted molar refractivity (Wildman–Crippen MR) is 77.6 cm³/mol. The largest absolute Gasteiger partial charge is 0.402 e. The summed E-state index contributed by atoms with van der Waals surface area (Å²) >= 11 is 6.14. The molecule has 0 atom stereocenters. The average molecular weight is 356 g/mol. The molecule has 0 spiro atoms. The van der Waals surface area contributed by atoms with Crippen molar-refractivity contribution in [2.75, 3.05) is 5.32 Å². The molecule has 0 bridgehead atoms. The molecule has 96 valence electrons. The van der Waals surface area contributed by atoms with Gasteiger partial charge in [-0.25, -0.2) is 0 Å². The zero-order chi connectivity index (χ0) is 13.2. The molecule has 0 aliphatic heterocycles. The van der Waals surface area contributed by atoms with Gasteiger partial charge >= 0.3 is 6.01 Å². The zero-order valence-corrected chi connectivity index (χ0v) is 12.5. The van der Waals surface area contributed by atoms with Crippen LogP contribution in [0.4, 0.5) is 6.01 Å². The summed E-state index contributed by atoms with van der Waals surface area (Å²) in [5.41, 5.74) is 0. The highest BCUT2D eigenvalue weighted by atomic mass is 79.9. The van der Waals surface area contributed by atoms with Crippen LogP contribution in [-0.2, 0) is 0 Å². The van der Waals surface area contributed by atoms with Crippen molar-refractivity contribution < 1.29 is 9.21 Å². The quantitative estimate of drug-likeness (QED) is 0.774. The first-order valence-corrected chi connectivity index (χ1v) is 7.65. The number of anilines is 1. The third kappa shape index (κ3) is 2.75. The van der Waals surface area contributed by atoms with E-state index in [0.717, 1.165) is 8.66 Å². The molecule has 3 rings (SSSR count). The number of nitrogens with one attached hydrogen (secondary N) is 1. The molecule has 0 fully saturated rings. The molecule has 1 amide bonds. The van der Waals surface area contributed by atoms with Gasteiger partial charge in [0, 0.05) is 0 Å². The van der Waals surface area contributed by atoms with Crippen molar-refractivity contribution in [3.63, 3.8) is 0 Å². The zero-order valence-electron chi connectivity index (χ0n) is 9.29. The van der Waals surface area contributed by atoms with E-state index in [4.69, 9.17) is 4.42 Å². The summed E-state index contributed by atoms with van der Waals surface area (Å²) in [6.45, 7) is 0. The molecule has 3 heterocycles. The van der Waals surface area contributed by atoms with Gasteiger partial charge in [-0.2, -0.15) is 0 Å². The van der Waals surface area contributed by atoms with Crippen LogP contribution in [0.15, 0.2) is 37.8 Å². The van der Waals surface area contributed by atoms with Crippen LogP contribution >= 0.6 is 38.6 Å². The second-order valence-corrected chi connectivity index (χ2v) is 6.86. The Balaban J connectivity index is 1.76. The number of nitrogens with zero attached hydrogens (tertiary/aromatic N) is 2. The Morgan fingerprint density at radius 2 is 2.21 bits per heavy atom. The first-order valence-electron chi connectivity index (χ1n) is 5.16. The van der Waals surface area contributed by atoms with E-state index in [0.29, 0.717) is 10.8 Å². The topological polar surface area (TPSA) is 68.0 Å². The predicted octanol–water partition coefficient (Wildman–Crippen LogP) is 3.87. The molecule has 19 heavy (non-hydrogen) atoms. The van der Waals surface area contributed by atoms with Crippen LogP contribution in [0.25, 0.3) is 10.8 Å². The summed E-state index contributed by atoms with van der Waals surface area (Å²) in [6, 6.07) is 7.40. The number of halogens is 1. The van der Waals surface area contributed by atoms with Crippen molar-refractivity contribution in [1.29, 1.82) is 0 Å². The first kappa shape index (κ1) is 12.5. The highest BCUT2D eigenvalue weighted by Gasteiger charge is 2.14. The standard InChI is InChI=1S/C11H6BrN3O2S2/c12-8-4-3-6(19-8)9(16)13-11-15-14-10(17-11)7-2-1-5-18-7/h1-5H,(H,13,15,16). The third-order valence-electron chi connectivity index (χ3n) is 2.17. The summed E-state index contributed by atoms with van der Waals surface area (Å²) < 4.78 is 6.27. The maximum atomic E-state index is 11.9. The number of amides is 1. The fourth-order valence-corrected chi connectivity index (χ4v) is 3.29. The van der Waals surface area contributed by atoms with Gasteiger partial charge in [-0.3, -0.25) is 10.1 Å². The molecule has 1 N–H and O–H groups in total. The van der Waals surface area contributed by atoms with Gasteiger partial charge in [-0.1, -0.05) is 11.2 Å². The lowest BCUT2D eigenvalue weighted by atomic mass is 10.4. The van der Waals surface area contributed by atoms with Crippen molar-refractivity contribution in [3.8, 4) is 10.8 Å². The Morgan fingerprint density at radius 3 is 2.89 bits per heavy atom. The molecule has 3 aromatic rings. The van der Waals surface area contributed by atoms with E-state index in [2.05, 4.69) is 31.4 Å². The van der Waals surface area contributed by atoms with Gasteiger partial charge in [-0.05, 0) is 39.5 Å². The molecular formula is C11H6BrN3O2S2. The van der Waals surface area contributed by atoms with Gasteiger partial charge < -0.3 is 4.42 Å². The number of hydrogen-bond donors (Lipinski definition) is 1. The van der Waals surface area contributed by atoms with Crippen molar-refractivity contribution in [2.45, 2.75) is 0 Å². The molecule has 0 aliphatic rings. The van der Waals surface area contributed by atoms with Crippen LogP contribution < -0.4 is 5.32 Å². The van der Waals surface area contributed by atoms with Crippen LogP contribution in [-0.4, -0.2) is 16.1 Å². The van der Waals surface area contributed by atoms with E-state index in [1.807, 2.05) is 23.6 Å². The maximum absolute atomic E-state index is 11.9. The summed E-state index contributed by atoms with van der Waals surface area (Å²) in [7, 11) is 0. The van der Waals surface area contributed by atoms with Crippen LogP contribution in [0.1, 0.15) is 9.67 Å². The van der Waals surface area contributed by atoms with Gasteiger partial charge in [0.15, 0.2) is 0 Å². The second-order valence-electron chi connectivity index (χ2n) is 3.45. The highest BCUT2D eigenvalue weighted by molar-refractivity contribution is 9.11. The Hall–Kier alpha value is -1.51. The summed E-state index contributed by atoms with van der Waals surface area (Å²) in [4.78, 5) is 13.3. The molecular weight excluding hydrogens is 350 g/mol. The summed E-state index contributed by atoms with van der Waals surface area (Å²) in [5, 5.41) is 12.2. The Morgan fingerprint density at radius 1 is 1.32 bits per heavy atom. The van der Waals surface area contributed by atoms with Gasteiger partial charge in [-0.15, -0.1) is 27.8 Å². The minimum atomic E-state index is -0.267. The van der Waals surface area contributed by atoms with Crippen molar-refractivity contribution in [3.05, 3.63) is 38.3 Å². The molecule has 0 aromatic carbocycles. The first-order chi connectivity index (χ1) is 9.22. The number of rotatable bonds is 3. The molecule has 3 aromatic heterocycles. The van der Waals surface area contributed by atoms with Gasteiger partial charge in [0.2, 0.25) is 0 Å². The molecule has 0 radical (unpaired) electrons. The lowest BCUT2D eigenvalue weighted by molar-refractivity contribution is 0.102. The van der Waals surface area contributed by atoms with Gasteiger partial charge in [0.05, 0.1) is 13.5 Å². The number of carbonyl (C=O) groups is 1. The Kier molecular flexibility index (Phi) is 3.45. The van der Waals surface area contributed by atoms with Crippen molar-refractivity contribution in [2.24, 2.45) is 0 Å². The van der Waals surface area contributed by atoms with E-state index in [1.165, 1.54) is 22.7 Å². The van der Waals surface area contributed by atoms with Crippen molar-refractivity contribution >= 4 is 50.5 Å². The minimum absolute atomic E-state index is 0.0953. The van der Waals surface area contributed by atoms with Crippen LogP contribution in [0.5, 0.6) is 0 Å². The SMILES string of the molecule is O=C(Nc1nnc(-c2cccs2)o1)c1ccc(Br)s1. The normalized spacial score (nSPS) is 10.6. The smallest absolute Gasteiger partial charge is 0.322 e. The molecule has 8 heteroatoms. The molecule has 0 unspecified atom stereocenters. The van der Waals surface area contributed by atoms with Crippen LogP contribution in [0, 0.1) is 0 Å². The third-order valence-corrected chi connectivity index (χ3v) is 4.65. The molecule has 0 saturated carbocycles. The average Bonchev–Trinajstić information content (AvgIpc) is 3.07. The molecule has 0 saturated heterocycles. The Bertz CT molecular complexity index is 705. The van der Waals surface area contributed by atoms with Crippen molar-refractivity contribution in [1.82, 2.24) is 10.2 Å². The molecule has 5 nitrogen and oxygen atoms in total. The second kappa shape index (κ2) is 5.24. The lowest BCUT2D eigenvalue weighted by Gasteiger charge is -1.95. The Labute approximate surface area is 124 Å². The van der Waals surface area contributed by atoms with Gasteiger partial charge in [0.25, 0.3) is 11.8 Å². The van der Waals surface area contributed by atoms with E-state index in [1.54, 1.807) is 6.07 Å². The monoisotopic (exact) mass is 355 g/mol. The number of aromatic nitrogens is 2. The fraction of sp³-hybridized carbons (Fsp3) is 0. The van der Waals surface area contributed by atoms with E-state index >= 15 is 0 Å². The number of hydrogen-bond acceptors (Lipinski definition) is 6. The van der Waals surface area contributed by atoms with E-state index < -0.39 is 0 Å². The number of thiophene rings is 2. The van der Waals surface area contributed by atoms with Crippen LogP contribution in [0.2, 0.25) is 0 Å². The lowest BCUT2D eigenvalue weighted by Crippen LogP contribution is -2.10. The summed E-state index contributed by atoms with van der Waals surface area (Å²) in [6.07, 6.45) is 0. The minimum Gasteiger partial charge on any atom is -0.402 e. The molecule has 0 aliphatic carbocycles. The number of carbonyl (C=O) groups excluding carboxylic acids is 1. The summed E-state index contributed by atoms with van der Waals surface area (Å²) in [5.74, 6) is 0.134. The van der Waals surface area contributed by atoms with E-state index in [-0.39, 0.29) is 11.9 Å². The van der Waals surface area contributed by atoms with Crippen LogP contribution in [0.3, 0.4) is 0 Å². The highest BCUT2D eigenvalue weighted by Crippen LogP contribution is 2.26. The van der Waals surface area contributed by atoms with Gasteiger partial charge in [0.1, 0.15) is 0 Å².